The summed E-state index contributed by atoms with van der Waals surface area (Å²) in [4.78, 5) is 34.6. The number of pyridine rings is 1. The first-order valence-corrected chi connectivity index (χ1v) is 10.8. The van der Waals surface area contributed by atoms with Crippen LogP contribution in [-0.4, -0.2) is 84.0 Å². The molecular weight excluding hydrogens is 471 g/mol. The zero-order valence-corrected chi connectivity index (χ0v) is 18.7. The maximum Gasteiger partial charge on any atom is 0.315 e. The normalized spacial score (nSPS) is 15.0. The van der Waals surface area contributed by atoms with Crippen LogP contribution in [-0.2, 0) is 20.8 Å². The fourth-order valence-electron chi connectivity index (χ4n) is 3.43. The first-order chi connectivity index (χ1) is 16.7. The van der Waals surface area contributed by atoms with Gasteiger partial charge in [0.1, 0.15) is 5.82 Å². The second-order valence-corrected chi connectivity index (χ2v) is 7.77. The van der Waals surface area contributed by atoms with Crippen LogP contribution in [0.25, 0.3) is 0 Å². The highest BCUT2D eigenvalue weighted by Crippen LogP contribution is 2.25. The molecule has 1 aliphatic rings. The Kier molecular flexibility index (Phi) is 9.23. The molecule has 3 N–H and O–H groups in total. The van der Waals surface area contributed by atoms with Crippen molar-refractivity contribution in [2.75, 3.05) is 49.3 Å². The molecule has 1 fully saturated rings. The molecule has 1 aliphatic heterocycles. The molecule has 0 saturated carbocycles. The third-order valence-electron chi connectivity index (χ3n) is 5.23. The molecular formula is C22H28F3N5O5. The predicted octanol–water partition coefficient (Wildman–Crippen LogP) is 1.23. The van der Waals surface area contributed by atoms with E-state index in [2.05, 4.69) is 4.98 Å². The number of anilines is 2. The number of hydrogen-bond acceptors (Lipinski definition) is 8. The lowest BCUT2D eigenvalue weighted by Gasteiger charge is -2.25. The van der Waals surface area contributed by atoms with Gasteiger partial charge in [-0.25, -0.2) is 9.45 Å². The first kappa shape index (κ1) is 26.2. The summed E-state index contributed by atoms with van der Waals surface area (Å²) in [5.41, 5.74) is 1.05. The van der Waals surface area contributed by atoms with Crippen LogP contribution >= 0.6 is 0 Å². The van der Waals surface area contributed by atoms with Gasteiger partial charge in [-0.15, -0.1) is 0 Å². The van der Waals surface area contributed by atoms with Crippen LogP contribution < -0.4 is 15.3 Å². The Morgan fingerprint density at radius 1 is 1.20 bits per heavy atom. The SMILES string of the molecule is O=C(NC[C@H](O)CN(O)c1ccc(N2CCON(C(=O)Cc3ccncc3)CC2)c(F)c1)C(F)F.[HH]. The number of aromatic nitrogens is 1. The lowest BCUT2D eigenvalue weighted by atomic mass is 10.2. The Morgan fingerprint density at radius 2 is 1.94 bits per heavy atom. The molecule has 1 aromatic carbocycles. The summed E-state index contributed by atoms with van der Waals surface area (Å²) >= 11 is 0. The maximum atomic E-state index is 14.8. The molecule has 1 aromatic heterocycles. The molecule has 1 saturated heterocycles. The summed E-state index contributed by atoms with van der Waals surface area (Å²) in [7, 11) is 0. The quantitative estimate of drug-likeness (QED) is 0.441. The minimum Gasteiger partial charge on any atom is -0.389 e. The number of halogens is 3. The molecule has 192 valence electrons. The van der Waals surface area contributed by atoms with Crippen molar-refractivity contribution in [3.63, 3.8) is 0 Å². The Bertz CT molecular complexity index is 1010. The Morgan fingerprint density at radius 3 is 2.63 bits per heavy atom. The summed E-state index contributed by atoms with van der Waals surface area (Å²) in [5.74, 6) is -2.42. The van der Waals surface area contributed by atoms with Crippen molar-refractivity contribution in [1.82, 2.24) is 15.4 Å². The second kappa shape index (κ2) is 12.3. The van der Waals surface area contributed by atoms with Gasteiger partial charge in [0.2, 0.25) is 0 Å². The molecule has 2 amide bonds. The molecule has 3 rings (SSSR count). The van der Waals surface area contributed by atoms with E-state index in [1.807, 2.05) is 5.32 Å². The number of rotatable bonds is 9. The van der Waals surface area contributed by atoms with Crippen molar-refractivity contribution < 1.29 is 39.3 Å². The molecule has 10 nitrogen and oxygen atoms in total. The summed E-state index contributed by atoms with van der Waals surface area (Å²) in [6.07, 6.45) is -1.25. The number of aliphatic hydroxyl groups excluding tert-OH is 1. The van der Waals surface area contributed by atoms with Crippen molar-refractivity contribution >= 4 is 23.2 Å². The van der Waals surface area contributed by atoms with Crippen LogP contribution in [0.2, 0.25) is 0 Å². The molecule has 0 radical (unpaired) electrons. The van der Waals surface area contributed by atoms with Gasteiger partial charge in [0.15, 0.2) is 0 Å². The van der Waals surface area contributed by atoms with E-state index in [0.29, 0.717) is 18.2 Å². The van der Waals surface area contributed by atoms with Gasteiger partial charge in [-0.05, 0) is 29.8 Å². The number of carbonyl (C=O) groups is 2. The van der Waals surface area contributed by atoms with Gasteiger partial charge in [-0.3, -0.25) is 29.7 Å². The topological polar surface area (TPSA) is 118 Å². The van der Waals surface area contributed by atoms with Crippen molar-refractivity contribution in [3.8, 4) is 0 Å². The van der Waals surface area contributed by atoms with E-state index in [-0.39, 0.29) is 38.3 Å². The third-order valence-corrected chi connectivity index (χ3v) is 5.23. The number of carbonyl (C=O) groups excluding carboxylic acids is 2. The van der Waals surface area contributed by atoms with Gasteiger partial charge in [0.05, 0.1) is 43.6 Å². The van der Waals surface area contributed by atoms with E-state index in [9.17, 15) is 33.1 Å². The average Bonchev–Trinajstić information content (AvgIpc) is 3.09. The molecule has 2 aromatic rings. The van der Waals surface area contributed by atoms with E-state index in [0.717, 1.165) is 11.6 Å². The Hall–Kier alpha value is -3.42. The fourth-order valence-corrected chi connectivity index (χ4v) is 3.43. The molecule has 2 heterocycles. The monoisotopic (exact) mass is 499 g/mol. The largest absolute Gasteiger partial charge is 0.389 e. The number of hydroxylamine groups is 3. The van der Waals surface area contributed by atoms with E-state index < -0.39 is 37.3 Å². The highest BCUT2D eigenvalue weighted by Gasteiger charge is 2.23. The van der Waals surface area contributed by atoms with Crippen LogP contribution in [0, 0.1) is 5.82 Å². The van der Waals surface area contributed by atoms with E-state index >= 15 is 0 Å². The summed E-state index contributed by atoms with van der Waals surface area (Å²) < 4.78 is 39.2. The zero-order valence-electron chi connectivity index (χ0n) is 18.7. The first-order valence-electron chi connectivity index (χ1n) is 10.8. The van der Waals surface area contributed by atoms with Crippen molar-refractivity contribution in [1.29, 1.82) is 0 Å². The standard InChI is InChI=1S/C22H26F3N5O5.H2/c23-18-12-16(29(34)14-17(31)13-27-22(33)21(24)25)1-2-19(18)28-7-8-30(35-10-9-28)20(32)11-15-3-5-26-6-4-15;/h1-6,12,17,21,31,34H,7-11,13-14H2,(H,27,33);1H/t17-;/m0./s1. The Balaban J connectivity index is 0.00000456. The van der Waals surface area contributed by atoms with Crippen molar-refractivity contribution in [3.05, 3.63) is 54.1 Å². The van der Waals surface area contributed by atoms with Crippen LogP contribution in [0.15, 0.2) is 42.7 Å². The van der Waals surface area contributed by atoms with Gasteiger partial charge in [0.25, 0.3) is 11.8 Å². The molecule has 35 heavy (non-hydrogen) atoms. The fraction of sp³-hybridized carbons (Fsp3) is 0.409. The molecule has 1 atom stereocenters. The average molecular weight is 499 g/mol. The van der Waals surface area contributed by atoms with Gasteiger partial charge in [-0.1, -0.05) is 0 Å². The summed E-state index contributed by atoms with van der Waals surface area (Å²) in [6, 6.07) is 7.38. The van der Waals surface area contributed by atoms with E-state index in [4.69, 9.17) is 4.84 Å². The minimum absolute atomic E-state index is 0. The van der Waals surface area contributed by atoms with Crippen LogP contribution in [0.3, 0.4) is 0 Å². The van der Waals surface area contributed by atoms with Gasteiger partial charge >= 0.3 is 6.43 Å². The minimum atomic E-state index is -3.22. The molecule has 0 aliphatic carbocycles. The summed E-state index contributed by atoms with van der Waals surface area (Å²) in [6.45, 7) is 0.0451. The number of hydrogen-bond donors (Lipinski definition) is 3. The molecule has 0 spiro atoms. The second-order valence-electron chi connectivity index (χ2n) is 7.77. The number of nitrogens with one attached hydrogen (secondary N) is 1. The van der Waals surface area contributed by atoms with Crippen LogP contribution in [0.1, 0.15) is 6.99 Å². The third kappa shape index (κ3) is 7.53. The number of amides is 2. The van der Waals surface area contributed by atoms with Crippen LogP contribution in [0.4, 0.5) is 24.5 Å². The summed E-state index contributed by atoms with van der Waals surface area (Å²) in [5, 5.41) is 23.6. The number of alkyl halides is 2. The van der Waals surface area contributed by atoms with E-state index in [1.54, 1.807) is 29.4 Å². The van der Waals surface area contributed by atoms with Crippen LogP contribution in [0.5, 0.6) is 0 Å². The number of benzene rings is 1. The number of aliphatic hydroxyl groups is 1. The van der Waals surface area contributed by atoms with Crippen molar-refractivity contribution in [2.24, 2.45) is 0 Å². The molecule has 0 bridgehead atoms. The highest BCUT2D eigenvalue weighted by molar-refractivity contribution is 5.79. The lowest BCUT2D eigenvalue weighted by Crippen LogP contribution is -2.41. The van der Waals surface area contributed by atoms with Crippen molar-refractivity contribution in [2.45, 2.75) is 19.0 Å². The van der Waals surface area contributed by atoms with E-state index in [1.165, 1.54) is 17.2 Å². The lowest BCUT2D eigenvalue weighted by molar-refractivity contribution is -0.181. The molecule has 0 unspecified atom stereocenters. The smallest absolute Gasteiger partial charge is 0.315 e. The van der Waals surface area contributed by atoms with Gasteiger partial charge in [0, 0.05) is 39.5 Å². The molecule has 13 heteroatoms. The predicted molar refractivity (Wildman–Crippen MR) is 120 cm³/mol. The maximum absolute atomic E-state index is 14.8. The highest BCUT2D eigenvalue weighted by atomic mass is 19.3. The Labute approximate surface area is 200 Å². The van der Waals surface area contributed by atoms with Gasteiger partial charge in [-0.2, -0.15) is 8.78 Å². The number of nitrogens with zero attached hydrogens (tertiary/aromatic N) is 4. The van der Waals surface area contributed by atoms with Gasteiger partial charge < -0.3 is 15.3 Å². The zero-order chi connectivity index (χ0) is 25.4.